The van der Waals surface area contributed by atoms with Gasteiger partial charge in [0.15, 0.2) is 0 Å². The Morgan fingerprint density at radius 1 is 1.24 bits per heavy atom. The van der Waals surface area contributed by atoms with Crippen molar-refractivity contribution in [3.05, 3.63) is 63.1 Å². The fourth-order valence-electron chi connectivity index (χ4n) is 2.31. The van der Waals surface area contributed by atoms with Crippen LogP contribution in [0.5, 0.6) is 0 Å². The summed E-state index contributed by atoms with van der Waals surface area (Å²) in [6.45, 7) is -0.0737. The van der Waals surface area contributed by atoms with Gasteiger partial charge in [-0.1, -0.05) is 45.7 Å². The van der Waals surface area contributed by atoms with Crippen LogP contribution < -0.4 is 5.32 Å². The maximum absolute atomic E-state index is 13.0. The molecule has 1 N–H and O–H groups in total. The van der Waals surface area contributed by atoms with Crippen molar-refractivity contribution >= 4 is 39.1 Å². The molecule has 0 radical (unpaired) electrons. The molecule has 3 nitrogen and oxygen atoms in total. The van der Waals surface area contributed by atoms with E-state index in [1.807, 2.05) is 0 Å². The third-order valence-electron chi connectivity index (χ3n) is 3.38. The quantitative estimate of drug-likeness (QED) is 0.701. The van der Waals surface area contributed by atoms with E-state index in [0.717, 1.165) is 10.5 Å². The van der Waals surface area contributed by atoms with Gasteiger partial charge in [0.05, 0.1) is 22.8 Å². The van der Waals surface area contributed by atoms with E-state index in [2.05, 4.69) is 21.2 Å². The van der Waals surface area contributed by atoms with E-state index in [-0.39, 0.29) is 24.6 Å². The normalized spacial score (nSPS) is 11.6. The zero-order valence-corrected chi connectivity index (χ0v) is 15.5. The number of hydrogen-bond donors (Lipinski definition) is 1. The molecule has 0 saturated carbocycles. The molecule has 1 amide bonds. The maximum Gasteiger partial charge on any atom is 0.416 e. The second kappa shape index (κ2) is 8.21. The summed E-state index contributed by atoms with van der Waals surface area (Å²) < 4.78 is 39.8. The van der Waals surface area contributed by atoms with E-state index in [1.54, 1.807) is 31.3 Å². The predicted octanol–water partition coefficient (Wildman–Crippen LogP) is 5.19. The second-order valence-electron chi connectivity index (χ2n) is 5.50. The molecule has 0 atom stereocenters. The minimum absolute atomic E-state index is 0.00280. The summed E-state index contributed by atoms with van der Waals surface area (Å²) in [7, 11) is 1.58. The molecule has 0 aliphatic carbocycles. The molecule has 2 rings (SSSR count). The summed E-state index contributed by atoms with van der Waals surface area (Å²) in [5, 5.41) is 3.01. The fraction of sp³-hybridized carbons (Fsp3) is 0.235. The average Bonchev–Trinajstić information content (AvgIpc) is 2.49. The molecule has 0 aliphatic heterocycles. The van der Waals surface area contributed by atoms with Crippen molar-refractivity contribution in [1.82, 2.24) is 4.90 Å². The molecule has 2 aromatic rings. The van der Waals surface area contributed by atoms with Gasteiger partial charge in [-0.05, 0) is 36.9 Å². The standard InChI is InChI=1S/C17H15BrClF3N2O/c1-24(9-11-4-2-3-5-13(11)17(20,21)22)10-16(25)23-15-7-6-12(18)8-14(15)19/h2-8H,9-10H2,1H3,(H,23,25). The Bertz CT molecular complexity index is 768. The van der Waals surface area contributed by atoms with E-state index in [1.165, 1.54) is 17.0 Å². The number of alkyl halides is 3. The number of nitrogens with one attached hydrogen (secondary N) is 1. The zero-order valence-electron chi connectivity index (χ0n) is 13.2. The van der Waals surface area contributed by atoms with Crippen LogP contribution in [0.4, 0.5) is 18.9 Å². The van der Waals surface area contributed by atoms with Crippen LogP contribution in [0.1, 0.15) is 11.1 Å². The number of benzene rings is 2. The molecule has 0 saturated heterocycles. The van der Waals surface area contributed by atoms with Crippen LogP contribution in [0, 0.1) is 0 Å². The smallest absolute Gasteiger partial charge is 0.324 e. The second-order valence-corrected chi connectivity index (χ2v) is 6.82. The van der Waals surface area contributed by atoms with E-state index in [4.69, 9.17) is 11.6 Å². The number of likely N-dealkylation sites (N-methyl/N-ethyl adjacent to an activating group) is 1. The van der Waals surface area contributed by atoms with Crippen molar-refractivity contribution in [2.75, 3.05) is 18.9 Å². The molecule has 0 bridgehead atoms. The molecule has 8 heteroatoms. The number of hydrogen-bond acceptors (Lipinski definition) is 2. The van der Waals surface area contributed by atoms with Crippen molar-refractivity contribution in [3.63, 3.8) is 0 Å². The van der Waals surface area contributed by atoms with Crippen LogP contribution >= 0.6 is 27.5 Å². The molecule has 2 aromatic carbocycles. The summed E-state index contributed by atoms with van der Waals surface area (Å²) in [5.41, 5.74) is -0.135. The molecule has 0 unspecified atom stereocenters. The monoisotopic (exact) mass is 434 g/mol. The highest BCUT2D eigenvalue weighted by atomic mass is 79.9. The van der Waals surface area contributed by atoms with Gasteiger partial charge in [-0.25, -0.2) is 0 Å². The minimum atomic E-state index is -4.43. The molecule has 0 aromatic heterocycles. The average molecular weight is 436 g/mol. The molecule has 0 aliphatic rings. The van der Waals surface area contributed by atoms with Gasteiger partial charge in [0, 0.05) is 11.0 Å². The lowest BCUT2D eigenvalue weighted by Crippen LogP contribution is -2.30. The first kappa shape index (κ1) is 19.8. The van der Waals surface area contributed by atoms with Crippen LogP contribution in [0.15, 0.2) is 46.9 Å². The molecular weight excluding hydrogens is 421 g/mol. The van der Waals surface area contributed by atoms with Crippen molar-refractivity contribution in [2.24, 2.45) is 0 Å². The topological polar surface area (TPSA) is 32.3 Å². The van der Waals surface area contributed by atoms with Crippen molar-refractivity contribution in [3.8, 4) is 0 Å². The Morgan fingerprint density at radius 2 is 1.92 bits per heavy atom. The Labute approximate surface area is 156 Å². The Kier molecular flexibility index (Phi) is 6.48. The molecule has 25 heavy (non-hydrogen) atoms. The van der Waals surface area contributed by atoms with Gasteiger partial charge in [-0.2, -0.15) is 13.2 Å². The van der Waals surface area contributed by atoms with E-state index >= 15 is 0 Å². The number of anilines is 1. The van der Waals surface area contributed by atoms with E-state index in [9.17, 15) is 18.0 Å². The third kappa shape index (κ3) is 5.73. The lowest BCUT2D eigenvalue weighted by Gasteiger charge is -2.19. The van der Waals surface area contributed by atoms with Gasteiger partial charge >= 0.3 is 6.18 Å². The summed E-state index contributed by atoms with van der Waals surface area (Å²) in [4.78, 5) is 13.6. The number of amides is 1. The highest BCUT2D eigenvalue weighted by Gasteiger charge is 2.33. The summed E-state index contributed by atoms with van der Waals surface area (Å²) in [6, 6.07) is 10.3. The number of rotatable bonds is 5. The van der Waals surface area contributed by atoms with Crippen LogP contribution in [0.3, 0.4) is 0 Å². The lowest BCUT2D eigenvalue weighted by molar-refractivity contribution is -0.138. The Balaban J connectivity index is 2.01. The van der Waals surface area contributed by atoms with Gasteiger partial charge in [0.2, 0.25) is 5.91 Å². The highest BCUT2D eigenvalue weighted by Crippen LogP contribution is 2.32. The third-order valence-corrected chi connectivity index (χ3v) is 4.19. The van der Waals surface area contributed by atoms with Crippen molar-refractivity contribution < 1.29 is 18.0 Å². The molecule has 0 spiro atoms. The first-order valence-corrected chi connectivity index (χ1v) is 8.42. The SMILES string of the molecule is CN(CC(=O)Nc1ccc(Br)cc1Cl)Cc1ccccc1C(F)(F)F. The number of carbonyl (C=O) groups is 1. The highest BCUT2D eigenvalue weighted by molar-refractivity contribution is 9.10. The Hall–Kier alpha value is -1.57. The summed E-state index contributed by atoms with van der Waals surface area (Å²) in [5.74, 6) is -0.365. The van der Waals surface area contributed by atoms with E-state index < -0.39 is 11.7 Å². The molecule has 134 valence electrons. The van der Waals surface area contributed by atoms with Crippen molar-refractivity contribution in [2.45, 2.75) is 12.7 Å². The molecule has 0 heterocycles. The van der Waals surface area contributed by atoms with Crippen LogP contribution in [0.25, 0.3) is 0 Å². The predicted molar refractivity (Wildman–Crippen MR) is 95.6 cm³/mol. The minimum Gasteiger partial charge on any atom is -0.324 e. The van der Waals surface area contributed by atoms with Crippen LogP contribution in [-0.2, 0) is 17.5 Å². The zero-order chi connectivity index (χ0) is 18.6. The molecular formula is C17H15BrClF3N2O. The largest absolute Gasteiger partial charge is 0.416 e. The number of halogens is 5. The van der Waals surface area contributed by atoms with Gasteiger partial charge in [0.1, 0.15) is 0 Å². The summed E-state index contributed by atoms with van der Waals surface area (Å²) >= 11 is 9.29. The Morgan fingerprint density at radius 3 is 2.56 bits per heavy atom. The summed E-state index contributed by atoms with van der Waals surface area (Å²) in [6.07, 6.45) is -4.43. The first-order valence-electron chi connectivity index (χ1n) is 7.25. The lowest BCUT2D eigenvalue weighted by atomic mass is 10.1. The fourth-order valence-corrected chi connectivity index (χ4v) is 3.03. The van der Waals surface area contributed by atoms with Crippen LogP contribution in [0.2, 0.25) is 5.02 Å². The van der Waals surface area contributed by atoms with Crippen molar-refractivity contribution in [1.29, 1.82) is 0 Å². The van der Waals surface area contributed by atoms with Gasteiger partial charge < -0.3 is 5.32 Å². The maximum atomic E-state index is 13.0. The van der Waals surface area contributed by atoms with Crippen LogP contribution in [-0.4, -0.2) is 24.4 Å². The van der Waals surface area contributed by atoms with Gasteiger partial charge in [-0.3, -0.25) is 9.69 Å². The first-order chi connectivity index (χ1) is 11.7. The van der Waals surface area contributed by atoms with E-state index in [0.29, 0.717) is 10.7 Å². The number of carbonyl (C=O) groups excluding carboxylic acids is 1. The van der Waals surface area contributed by atoms with Gasteiger partial charge in [0.25, 0.3) is 0 Å². The number of nitrogens with zero attached hydrogens (tertiary/aromatic N) is 1. The van der Waals surface area contributed by atoms with Gasteiger partial charge in [-0.15, -0.1) is 0 Å². The molecule has 0 fully saturated rings.